The maximum Gasteiger partial charge on any atom is 0.265 e. The van der Waals surface area contributed by atoms with Gasteiger partial charge in [0.05, 0.1) is 26.5 Å². The molecule has 0 fully saturated rings. The van der Waals surface area contributed by atoms with E-state index >= 15 is 0 Å². The lowest BCUT2D eigenvalue weighted by atomic mass is 10.1. The van der Waals surface area contributed by atoms with Crippen molar-refractivity contribution in [3.05, 3.63) is 71.8 Å². The second-order valence-corrected chi connectivity index (χ2v) is 8.42. The average Bonchev–Trinajstić information content (AvgIpc) is 2.89. The van der Waals surface area contributed by atoms with Gasteiger partial charge in [0.15, 0.2) is 18.1 Å². The van der Waals surface area contributed by atoms with Crippen LogP contribution in [0, 0.1) is 6.92 Å². The molecular formula is C28H30N2O6. The number of hydrogen-bond donors (Lipinski definition) is 1. The summed E-state index contributed by atoms with van der Waals surface area (Å²) in [5.41, 5.74) is 3.31. The molecular weight excluding hydrogens is 460 g/mol. The molecule has 0 aliphatic carbocycles. The highest BCUT2D eigenvalue weighted by Gasteiger charge is 2.26. The van der Waals surface area contributed by atoms with E-state index in [1.54, 1.807) is 37.3 Å². The predicted molar refractivity (Wildman–Crippen MR) is 137 cm³/mol. The van der Waals surface area contributed by atoms with Gasteiger partial charge in [-0.3, -0.25) is 9.59 Å². The normalized spacial score (nSPS) is 12.4. The molecule has 1 N–H and O–H groups in total. The zero-order valence-corrected chi connectivity index (χ0v) is 20.7. The van der Waals surface area contributed by atoms with Crippen LogP contribution in [-0.2, 0) is 16.0 Å². The van der Waals surface area contributed by atoms with Gasteiger partial charge in [-0.2, -0.15) is 0 Å². The van der Waals surface area contributed by atoms with Crippen LogP contribution in [0.4, 0.5) is 11.4 Å². The zero-order valence-electron chi connectivity index (χ0n) is 20.7. The first-order chi connectivity index (χ1) is 17.5. The number of carbonyl (C=O) groups excluding carboxylic acids is 2. The van der Waals surface area contributed by atoms with Crippen molar-refractivity contribution in [2.24, 2.45) is 0 Å². The second kappa shape index (κ2) is 11.5. The molecule has 8 nitrogen and oxygen atoms in total. The van der Waals surface area contributed by atoms with Crippen LogP contribution in [0.5, 0.6) is 23.0 Å². The monoisotopic (exact) mass is 490 g/mol. The van der Waals surface area contributed by atoms with Gasteiger partial charge in [0.25, 0.3) is 5.91 Å². The van der Waals surface area contributed by atoms with Crippen molar-refractivity contribution in [1.29, 1.82) is 0 Å². The van der Waals surface area contributed by atoms with Crippen molar-refractivity contribution < 1.29 is 28.5 Å². The van der Waals surface area contributed by atoms with E-state index < -0.39 is 0 Å². The van der Waals surface area contributed by atoms with Crippen LogP contribution in [0.1, 0.15) is 17.5 Å². The molecule has 0 radical (unpaired) electrons. The van der Waals surface area contributed by atoms with Gasteiger partial charge in [0, 0.05) is 12.1 Å². The lowest BCUT2D eigenvalue weighted by molar-refractivity contribution is -0.121. The summed E-state index contributed by atoms with van der Waals surface area (Å²) in [6, 6.07) is 18.6. The highest BCUT2D eigenvalue weighted by molar-refractivity contribution is 5.99. The summed E-state index contributed by atoms with van der Waals surface area (Å²) in [7, 11) is 3.16. The number of nitrogens with one attached hydrogen (secondary N) is 1. The van der Waals surface area contributed by atoms with E-state index in [1.165, 1.54) is 0 Å². The molecule has 0 spiro atoms. The maximum absolute atomic E-state index is 12.6. The first-order valence-corrected chi connectivity index (χ1v) is 11.7. The van der Waals surface area contributed by atoms with Gasteiger partial charge in [0.2, 0.25) is 5.91 Å². The molecule has 0 saturated carbocycles. The number of rotatable bonds is 10. The van der Waals surface area contributed by atoms with E-state index in [9.17, 15) is 9.59 Å². The number of fused-ring (bicyclic) bond motifs is 1. The minimum absolute atomic E-state index is 0.0332. The third-order valence-electron chi connectivity index (χ3n) is 5.88. The third kappa shape index (κ3) is 6.07. The van der Waals surface area contributed by atoms with E-state index in [2.05, 4.69) is 5.32 Å². The molecule has 0 unspecified atom stereocenters. The molecule has 1 aliphatic rings. The summed E-state index contributed by atoms with van der Waals surface area (Å²) in [4.78, 5) is 26.8. The Balaban J connectivity index is 1.37. The first kappa shape index (κ1) is 24.9. The van der Waals surface area contributed by atoms with Crippen molar-refractivity contribution in [3.8, 4) is 23.0 Å². The molecule has 8 heteroatoms. The molecule has 1 heterocycles. The van der Waals surface area contributed by atoms with Crippen molar-refractivity contribution in [1.82, 2.24) is 0 Å². The van der Waals surface area contributed by atoms with Gasteiger partial charge in [-0.1, -0.05) is 23.8 Å². The van der Waals surface area contributed by atoms with Gasteiger partial charge < -0.3 is 29.2 Å². The van der Waals surface area contributed by atoms with Gasteiger partial charge in [0.1, 0.15) is 18.1 Å². The van der Waals surface area contributed by atoms with Crippen LogP contribution in [0.25, 0.3) is 0 Å². The van der Waals surface area contributed by atoms with E-state index in [0.717, 1.165) is 16.9 Å². The number of carbonyl (C=O) groups is 2. The number of amides is 2. The fourth-order valence-electron chi connectivity index (χ4n) is 3.93. The molecule has 2 amide bonds. The standard InChI is InChI=1S/C28H30N2O6/c1-19-4-9-22(10-5-19)35-15-14-30-23-17-21(8-12-24(23)36-18-28(30)32)29-27(31)13-7-20-6-11-25(33-2)26(16-20)34-3/h4-6,8-12,16-17H,7,13-15,18H2,1-3H3,(H,29,31). The third-order valence-corrected chi connectivity index (χ3v) is 5.88. The molecule has 3 aromatic rings. The molecule has 1 aliphatic heterocycles. The Kier molecular flexibility index (Phi) is 7.95. The summed E-state index contributed by atoms with van der Waals surface area (Å²) in [6.07, 6.45) is 0.831. The zero-order chi connectivity index (χ0) is 25.5. The fraction of sp³-hybridized carbons (Fsp3) is 0.286. The molecule has 0 saturated heterocycles. The first-order valence-electron chi connectivity index (χ1n) is 11.7. The summed E-state index contributed by atoms with van der Waals surface area (Å²) in [6.45, 7) is 2.67. The lowest BCUT2D eigenvalue weighted by Crippen LogP contribution is -2.41. The van der Waals surface area contributed by atoms with Gasteiger partial charge >= 0.3 is 0 Å². The minimum Gasteiger partial charge on any atom is -0.493 e. The number of benzene rings is 3. The highest BCUT2D eigenvalue weighted by Crippen LogP contribution is 2.34. The number of ether oxygens (including phenoxy) is 4. The molecule has 3 aromatic carbocycles. The molecule has 188 valence electrons. The molecule has 36 heavy (non-hydrogen) atoms. The summed E-state index contributed by atoms with van der Waals surface area (Å²) in [5, 5.41) is 2.92. The number of hydrogen-bond acceptors (Lipinski definition) is 6. The number of nitrogens with zero attached hydrogens (tertiary/aromatic N) is 1. The minimum atomic E-state index is -0.160. The fourth-order valence-corrected chi connectivity index (χ4v) is 3.93. The van der Waals surface area contributed by atoms with E-state index in [-0.39, 0.29) is 24.8 Å². The Morgan fingerprint density at radius 1 is 1.00 bits per heavy atom. The molecule has 0 aromatic heterocycles. The van der Waals surface area contributed by atoms with Crippen molar-refractivity contribution >= 4 is 23.2 Å². The van der Waals surface area contributed by atoms with E-state index in [4.69, 9.17) is 18.9 Å². The van der Waals surface area contributed by atoms with Gasteiger partial charge in [-0.25, -0.2) is 0 Å². The quantitative estimate of drug-likeness (QED) is 0.454. The Hall–Kier alpha value is -4.20. The maximum atomic E-state index is 12.6. The van der Waals surface area contributed by atoms with Crippen molar-refractivity contribution in [3.63, 3.8) is 0 Å². The largest absolute Gasteiger partial charge is 0.493 e. The van der Waals surface area contributed by atoms with Crippen molar-refractivity contribution in [2.45, 2.75) is 19.8 Å². The predicted octanol–water partition coefficient (Wildman–Crippen LogP) is 4.39. The van der Waals surface area contributed by atoms with Crippen LogP contribution >= 0.6 is 0 Å². The van der Waals surface area contributed by atoms with E-state index in [1.807, 2.05) is 49.4 Å². The van der Waals surface area contributed by atoms with Crippen LogP contribution in [0.3, 0.4) is 0 Å². The molecule has 0 bridgehead atoms. The highest BCUT2D eigenvalue weighted by atomic mass is 16.5. The summed E-state index contributed by atoms with van der Waals surface area (Å²) >= 11 is 0. The molecule has 0 atom stereocenters. The van der Waals surface area contributed by atoms with Gasteiger partial charge in [-0.15, -0.1) is 0 Å². The molecule has 4 rings (SSSR count). The smallest absolute Gasteiger partial charge is 0.265 e. The SMILES string of the molecule is COc1ccc(CCC(=O)Nc2ccc3c(c2)N(CCOc2ccc(C)cc2)C(=O)CO3)cc1OC. The van der Waals surface area contributed by atoms with Crippen LogP contribution in [-0.4, -0.2) is 45.8 Å². The second-order valence-electron chi connectivity index (χ2n) is 8.42. The van der Waals surface area contributed by atoms with Crippen LogP contribution < -0.4 is 29.2 Å². The van der Waals surface area contributed by atoms with Crippen molar-refractivity contribution in [2.75, 3.05) is 44.2 Å². The van der Waals surface area contributed by atoms with Gasteiger partial charge in [-0.05, 0) is 61.4 Å². The number of anilines is 2. The Labute approximate surface area is 210 Å². The lowest BCUT2D eigenvalue weighted by Gasteiger charge is -2.29. The summed E-state index contributed by atoms with van der Waals surface area (Å²) < 4.78 is 22.0. The number of aryl methyl sites for hydroxylation is 2. The Morgan fingerprint density at radius 2 is 1.78 bits per heavy atom. The van der Waals surface area contributed by atoms with Crippen LogP contribution in [0.15, 0.2) is 60.7 Å². The average molecular weight is 491 g/mol. The topological polar surface area (TPSA) is 86.3 Å². The van der Waals surface area contributed by atoms with Crippen LogP contribution in [0.2, 0.25) is 0 Å². The Morgan fingerprint density at radius 3 is 2.53 bits per heavy atom. The number of methoxy groups -OCH3 is 2. The van der Waals surface area contributed by atoms with E-state index in [0.29, 0.717) is 48.2 Å². The Bertz CT molecular complexity index is 1230. The summed E-state index contributed by atoms with van der Waals surface area (Å²) in [5.74, 6) is 2.31.